The number of aliphatic carboxylic acids is 1. The fraction of sp³-hybridized carbons (Fsp3) is 0.562. The summed E-state index contributed by atoms with van der Waals surface area (Å²) >= 11 is 0. The largest absolute Gasteiger partial charge is 0.492 e. The van der Waals surface area contributed by atoms with Gasteiger partial charge in [0.2, 0.25) is 0 Å². The van der Waals surface area contributed by atoms with Crippen LogP contribution < -0.4 is 4.74 Å². The van der Waals surface area contributed by atoms with Crippen molar-refractivity contribution in [1.29, 1.82) is 0 Å². The van der Waals surface area contributed by atoms with Gasteiger partial charge in [-0.3, -0.25) is 9.69 Å². The molecule has 1 atom stereocenters. The highest BCUT2D eigenvalue weighted by atomic mass is 16.5. The van der Waals surface area contributed by atoms with E-state index in [1.807, 2.05) is 37.8 Å². The molecule has 4 nitrogen and oxygen atoms in total. The van der Waals surface area contributed by atoms with Gasteiger partial charge in [0.05, 0.1) is 6.54 Å². The van der Waals surface area contributed by atoms with Crippen LogP contribution in [0.2, 0.25) is 0 Å². The number of aryl methyl sites for hydroxylation is 2. The first-order valence-electron chi connectivity index (χ1n) is 7.10. The average molecular weight is 279 g/mol. The van der Waals surface area contributed by atoms with Gasteiger partial charge < -0.3 is 9.84 Å². The van der Waals surface area contributed by atoms with Gasteiger partial charge in [0.1, 0.15) is 12.4 Å². The van der Waals surface area contributed by atoms with Gasteiger partial charge in [-0.2, -0.15) is 0 Å². The van der Waals surface area contributed by atoms with E-state index in [1.54, 1.807) is 0 Å². The summed E-state index contributed by atoms with van der Waals surface area (Å²) in [5, 5.41) is 8.94. The van der Waals surface area contributed by atoms with Crippen molar-refractivity contribution >= 4 is 5.97 Å². The molecule has 0 aliphatic carbocycles. The molecule has 1 N–H and O–H groups in total. The molecule has 1 unspecified atom stereocenters. The normalized spacial score (nSPS) is 12.4. The third kappa shape index (κ3) is 5.21. The van der Waals surface area contributed by atoms with Crippen LogP contribution in [0.4, 0.5) is 0 Å². The molecular weight excluding hydrogens is 254 g/mol. The average Bonchev–Trinajstić information content (AvgIpc) is 2.40. The van der Waals surface area contributed by atoms with Crippen LogP contribution >= 0.6 is 0 Å². The number of carboxylic acid groups (broad SMARTS) is 1. The lowest BCUT2D eigenvalue weighted by atomic mass is 10.1. The van der Waals surface area contributed by atoms with Gasteiger partial charge in [0.25, 0.3) is 0 Å². The van der Waals surface area contributed by atoms with Crippen LogP contribution in [0.5, 0.6) is 5.75 Å². The monoisotopic (exact) mass is 279 g/mol. The number of nitrogens with zero attached hydrogens (tertiary/aromatic N) is 1. The minimum Gasteiger partial charge on any atom is -0.492 e. The molecule has 0 amide bonds. The van der Waals surface area contributed by atoms with E-state index in [0.29, 0.717) is 13.2 Å². The van der Waals surface area contributed by atoms with Crippen LogP contribution in [0.15, 0.2) is 18.2 Å². The molecule has 0 aliphatic heterocycles. The van der Waals surface area contributed by atoms with Crippen LogP contribution in [0.25, 0.3) is 0 Å². The first kappa shape index (κ1) is 16.5. The van der Waals surface area contributed by atoms with Crippen LogP contribution in [0.3, 0.4) is 0 Å². The van der Waals surface area contributed by atoms with Crippen molar-refractivity contribution < 1.29 is 14.6 Å². The molecule has 0 radical (unpaired) electrons. The zero-order valence-electron chi connectivity index (χ0n) is 12.8. The van der Waals surface area contributed by atoms with E-state index in [9.17, 15) is 4.79 Å². The predicted octanol–water partition coefficient (Wildman–Crippen LogP) is 2.87. The first-order valence-corrected chi connectivity index (χ1v) is 7.10. The van der Waals surface area contributed by atoms with Crippen LogP contribution in [0, 0.1) is 13.8 Å². The van der Waals surface area contributed by atoms with E-state index < -0.39 is 5.97 Å². The third-order valence-electron chi connectivity index (χ3n) is 3.53. The number of benzene rings is 1. The van der Waals surface area contributed by atoms with E-state index in [2.05, 4.69) is 13.0 Å². The van der Waals surface area contributed by atoms with E-state index in [4.69, 9.17) is 9.84 Å². The van der Waals surface area contributed by atoms with Crippen LogP contribution in [0.1, 0.15) is 31.4 Å². The molecule has 1 rings (SSSR count). The summed E-state index contributed by atoms with van der Waals surface area (Å²) in [6, 6.07) is 6.35. The Balaban J connectivity index is 2.55. The molecule has 0 bridgehead atoms. The molecule has 0 aromatic heterocycles. The maximum Gasteiger partial charge on any atom is 0.317 e. The second-order valence-electron chi connectivity index (χ2n) is 5.24. The van der Waals surface area contributed by atoms with E-state index in [-0.39, 0.29) is 12.6 Å². The molecule has 20 heavy (non-hydrogen) atoms. The topological polar surface area (TPSA) is 49.8 Å². The quantitative estimate of drug-likeness (QED) is 0.795. The number of carboxylic acids is 1. The number of ether oxygens (including phenoxy) is 1. The fourth-order valence-electron chi connectivity index (χ4n) is 2.02. The molecule has 0 heterocycles. The first-order chi connectivity index (χ1) is 9.43. The number of hydrogen-bond acceptors (Lipinski definition) is 3. The number of rotatable bonds is 8. The lowest BCUT2D eigenvalue weighted by Crippen LogP contribution is -2.39. The molecular formula is C16H25NO3. The van der Waals surface area contributed by atoms with Gasteiger partial charge in [-0.25, -0.2) is 0 Å². The predicted molar refractivity (Wildman–Crippen MR) is 80.4 cm³/mol. The second kappa shape index (κ2) is 7.90. The molecule has 0 aliphatic rings. The van der Waals surface area contributed by atoms with Crippen LogP contribution in [-0.4, -0.2) is 41.7 Å². The Hall–Kier alpha value is -1.55. The summed E-state index contributed by atoms with van der Waals surface area (Å²) in [6.45, 7) is 9.33. The minimum absolute atomic E-state index is 0.0607. The van der Waals surface area contributed by atoms with Gasteiger partial charge in [-0.15, -0.1) is 0 Å². The maximum atomic E-state index is 10.9. The minimum atomic E-state index is -0.794. The van der Waals surface area contributed by atoms with Gasteiger partial charge in [-0.1, -0.05) is 19.1 Å². The molecule has 112 valence electrons. The van der Waals surface area contributed by atoms with Gasteiger partial charge >= 0.3 is 5.97 Å². The summed E-state index contributed by atoms with van der Waals surface area (Å²) in [5.74, 6) is 0.0847. The van der Waals surface area contributed by atoms with Crippen molar-refractivity contribution in [3.05, 3.63) is 29.3 Å². The van der Waals surface area contributed by atoms with Crippen molar-refractivity contribution in [2.45, 2.75) is 40.2 Å². The lowest BCUT2D eigenvalue weighted by Gasteiger charge is -2.26. The van der Waals surface area contributed by atoms with Crippen molar-refractivity contribution in [2.24, 2.45) is 0 Å². The number of carbonyl (C=O) groups is 1. The Kier molecular flexibility index (Phi) is 6.52. The standard InChI is InChI=1S/C16H25NO3/c1-5-14(4)17(11-16(18)19)8-9-20-15-10-12(2)6-7-13(15)3/h6-7,10,14H,5,8-9,11H2,1-4H3,(H,18,19). The SMILES string of the molecule is CCC(C)N(CCOc1cc(C)ccc1C)CC(=O)O. The fourth-order valence-corrected chi connectivity index (χ4v) is 2.02. The summed E-state index contributed by atoms with van der Waals surface area (Å²) in [5.41, 5.74) is 2.26. The zero-order valence-corrected chi connectivity index (χ0v) is 12.8. The third-order valence-corrected chi connectivity index (χ3v) is 3.53. The molecule has 0 saturated carbocycles. The Morgan fingerprint density at radius 1 is 1.40 bits per heavy atom. The molecule has 0 saturated heterocycles. The molecule has 0 spiro atoms. The highest BCUT2D eigenvalue weighted by Gasteiger charge is 2.15. The second-order valence-corrected chi connectivity index (χ2v) is 5.24. The molecule has 4 heteroatoms. The Bertz CT molecular complexity index is 445. The summed E-state index contributed by atoms with van der Waals surface area (Å²) < 4.78 is 5.79. The van der Waals surface area contributed by atoms with Crippen molar-refractivity contribution in [3.8, 4) is 5.75 Å². The van der Waals surface area contributed by atoms with Gasteiger partial charge in [-0.05, 0) is 44.4 Å². The van der Waals surface area contributed by atoms with Crippen molar-refractivity contribution in [3.63, 3.8) is 0 Å². The summed E-state index contributed by atoms with van der Waals surface area (Å²) in [4.78, 5) is 12.8. The van der Waals surface area contributed by atoms with E-state index >= 15 is 0 Å². The maximum absolute atomic E-state index is 10.9. The van der Waals surface area contributed by atoms with Crippen molar-refractivity contribution in [2.75, 3.05) is 19.7 Å². The zero-order chi connectivity index (χ0) is 15.1. The van der Waals surface area contributed by atoms with E-state index in [0.717, 1.165) is 23.3 Å². The smallest absolute Gasteiger partial charge is 0.317 e. The van der Waals surface area contributed by atoms with Crippen molar-refractivity contribution in [1.82, 2.24) is 4.90 Å². The molecule has 0 fully saturated rings. The Labute approximate surface area is 121 Å². The highest BCUT2D eigenvalue weighted by molar-refractivity contribution is 5.69. The molecule has 1 aromatic rings. The van der Waals surface area contributed by atoms with Crippen LogP contribution in [-0.2, 0) is 4.79 Å². The van der Waals surface area contributed by atoms with E-state index in [1.165, 1.54) is 0 Å². The Morgan fingerprint density at radius 3 is 2.70 bits per heavy atom. The lowest BCUT2D eigenvalue weighted by molar-refractivity contribution is -0.139. The summed E-state index contributed by atoms with van der Waals surface area (Å²) in [7, 11) is 0. The Morgan fingerprint density at radius 2 is 2.10 bits per heavy atom. The highest BCUT2D eigenvalue weighted by Crippen LogP contribution is 2.19. The number of hydrogen-bond donors (Lipinski definition) is 1. The molecule has 1 aromatic carbocycles. The van der Waals surface area contributed by atoms with Gasteiger partial charge in [0.15, 0.2) is 0 Å². The summed E-state index contributed by atoms with van der Waals surface area (Å²) in [6.07, 6.45) is 0.927. The van der Waals surface area contributed by atoms with Gasteiger partial charge in [0, 0.05) is 12.6 Å².